The highest BCUT2D eigenvalue weighted by Crippen LogP contribution is 2.32. The van der Waals surface area contributed by atoms with Crippen LogP contribution in [0.4, 0.5) is 0 Å². The van der Waals surface area contributed by atoms with Crippen LogP contribution in [0.15, 0.2) is 53.7 Å². The van der Waals surface area contributed by atoms with E-state index in [2.05, 4.69) is 10.6 Å². The van der Waals surface area contributed by atoms with Crippen LogP contribution in [-0.2, 0) is 9.53 Å². The number of carbonyl (C=O) groups excluding carboxylic acids is 1. The first kappa shape index (κ1) is 14.5. The van der Waals surface area contributed by atoms with Crippen molar-refractivity contribution in [3.05, 3.63) is 59.3 Å². The summed E-state index contributed by atoms with van der Waals surface area (Å²) in [6.07, 6.45) is 0. The Bertz CT molecular complexity index is 793. The molecule has 0 saturated heterocycles. The minimum absolute atomic E-state index is 0.327. The Labute approximate surface area is 134 Å². The van der Waals surface area contributed by atoms with Crippen LogP contribution in [0.1, 0.15) is 18.5 Å². The van der Waals surface area contributed by atoms with Gasteiger partial charge in [0.25, 0.3) is 0 Å². The van der Waals surface area contributed by atoms with E-state index in [-0.39, 0.29) is 12.0 Å². The van der Waals surface area contributed by atoms with Crippen LogP contribution < -0.4 is 10.6 Å². The molecule has 2 N–H and O–H groups in total. The predicted molar refractivity (Wildman–Crippen MR) is 90.3 cm³/mol. The van der Waals surface area contributed by atoms with Gasteiger partial charge < -0.3 is 15.4 Å². The summed E-state index contributed by atoms with van der Waals surface area (Å²) in [6.45, 7) is 1.83. The molecule has 2 aromatic rings. The smallest absolute Gasteiger partial charge is 0.337 e. The van der Waals surface area contributed by atoms with Crippen molar-refractivity contribution in [1.29, 1.82) is 0 Å². The Kier molecular flexibility index (Phi) is 3.81. The summed E-state index contributed by atoms with van der Waals surface area (Å²) in [7, 11) is 1.38. The molecular formula is C17H16N2O2S. The van der Waals surface area contributed by atoms with E-state index in [0.29, 0.717) is 16.4 Å². The largest absolute Gasteiger partial charge is 0.466 e. The number of methoxy groups -OCH3 is 1. The molecule has 112 valence electrons. The van der Waals surface area contributed by atoms with E-state index in [0.717, 1.165) is 16.3 Å². The molecule has 0 aromatic heterocycles. The van der Waals surface area contributed by atoms with Crippen LogP contribution >= 0.6 is 12.2 Å². The number of hydrogen-bond acceptors (Lipinski definition) is 3. The van der Waals surface area contributed by atoms with Crippen LogP contribution in [0.5, 0.6) is 0 Å². The van der Waals surface area contributed by atoms with Crippen molar-refractivity contribution in [3.8, 4) is 0 Å². The van der Waals surface area contributed by atoms with Gasteiger partial charge in [0, 0.05) is 5.70 Å². The summed E-state index contributed by atoms with van der Waals surface area (Å²) in [5.41, 5.74) is 2.27. The molecule has 0 saturated carbocycles. The van der Waals surface area contributed by atoms with E-state index in [1.54, 1.807) is 0 Å². The van der Waals surface area contributed by atoms with E-state index in [4.69, 9.17) is 17.0 Å². The molecule has 2 aromatic carbocycles. The lowest BCUT2D eigenvalue weighted by atomic mass is 9.91. The van der Waals surface area contributed by atoms with Gasteiger partial charge >= 0.3 is 5.97 Å². The van der Waals surface area contributed by atoms with Crippen LogP contribution in [0.3, 0.4) is 0 Å². The number of benzene rings is 2. The first-order chi connectivity index (χ1) is 10.6. The van der Waals surface area contributed by atoms with Crippen molar-refractivity contribution >= 4 is 34.1 Å². The highest BCUT2D eigenvalue weighted by molar-refractivity contribution is 7.80. The van der Waals surface area contributed by atoms with Crippen LogP contribution in [-0.4, -0.2) is 18.2 Å². The minimum Gasteiger partial charge on any atom is -0.466 e. The summed E-state index contributed by atoms with van der Waals surface area (Å²) >= 11 is 5.25. The first-order valence-electron chi connectivity index (χ1n) is 6.96. The van der Waals surface area contributed by atoms with Gasteiger partial charge in [-0.2, -0.15) is 0 Å². The molecule has 1 atom stereocenters. The van der Waals surface area contributed by atoms with Crippen LogP contribution in [0.25, 0.3) is 10.8 Å². The maximum absolute atomic E-state index is 12.2. The topological polar surface area (TPSA) is 50.4 Å². The van der Waals surface area contributed by atoms with Gasteiger partial charge in [-0.1, -0.05) is 42.5 Å². The SMILES string of the molecule is COC(=O)C1=C(C)NC(=S)N[C@H]1c1cccc2ccccc12. The quantitative estimate of drug-likeness (QED) is 0.660. The molecule has 0 aliphatic carbocycles. The number of esters is 1. The Morgan fingerprint density at radius 2 is 1.91 bits per heavy atom. The highest BCUT2D eigenvalue weighted by Gasteiger charge is 2.31. The summed E-state index contributed by atoms with van der Waals surface area (Å²) in [5.74, 6) is -0.363. The van der Waals surface area contributed by atoms with Gasteiger partial charge in [0.1, 0.15) is 0 Å². The van der Waals surface area contributed by atoms with Crippen LogP contribution in [0.2, 0.25) is 0 Å². The Balaban J connectivity index is 2.21. The third kappa shape index (κ3) is 2.44. The van der Waals surface area contributed by atoms with E-state index in [1.165, 1.54) is 7.11 Å². The number of ether oxygens (including phenoxy) is 1. The van der Waals surface area contributed by atoms with Gasteiger partial charge in [0.2, 0.25) is 0 Å². The van der Waals surface area contributed by atoms with E-state index >= 15 is 0 Å². The summed E-state index contributed by atoms with van der Waals surface area (Å²) in [6, 6.07) is 13.8. The molecule has 22 heavy (non-hydrogen) atoms. The molecular weight excluding hydrogens is 296 g/mol. The third-order valence-corrected chi connectivity index (χ3v) is 4.03. The monoisotopic (exact) mass is 312 g/mol. The maximum Gasteiger partial charge on any atom is 0.337 e. The molecule has 0 amide bonds. The van der Waals surface area contributed by atoms with Gasteiger partial charge in [-0.05, 0) is 35.5 Å². The molecule has 1 aliphatic rings. The highest BCUT2D eigenvalue weighted by atomic mass is 32.1. The normalized spacial score (nSPS) is 17.9. The Morgan fingerprint density at radius 3 is 2.68 bits per heavy atom. The zero-order valence-corrected chi connectivity index (χ0v) is 13.2. The first-order valence-corrected chi connectivity index (χ1v) is 7.37. The zero-order valence-electron chi connectivity index (χ0n) is 12.3. The molecule has 5 heteroatoms. The number of fused-ring (bicyclic) bond motifs is 1. The predicted octanol–water partition coefficient (Wildman–Crippen LogP) is 2.81. The fraction of sp³-hybridized carbons (Fsp3) is 0.176. The summed E-state index contributed by atoms with van der Waals surface area (Å²) in [5, 5.41) is 8.88. The second-order valence-electron chi connectivity index (χ2n) is 5.13. The lowest BCUT2D eigenvalue weighted by Gasteiger charge is -2.30. The number of carbonyl (C=O) groups is 1. The fourth-order valence-corrected chi connectivity index (χ4v) is 3.08. The van der Waals surface area contributed by atoms with Crippen molar-refractivity contribution in [1.82, 2.24) is 10.6 Å². The van der Waals surface area contributed by atoms with Crippen molar-refractivity contribution in [2.24, 2.45) is 0 Å². The van der Waals surface area contributed by atoms with E-state index in [9.17, 15) is 4.79 Å². The van der Waals surface area contributed by atoms with Gasteiger partial charge in [0.15, 0.2) is 5.11 Å². The third-order valence-electron chi connectivity index (χ3n) is 3.81. The van der Waals surface area contributed by atoms with E-state index in [1.807, 2.05) is 49.4 Å². The molecule has 3 rings (SSSR count). The zero-order chi connectivity index (χ0) is 15.7. The minimum atomic E-state index is -0.363. The second-order valence-corrected chi connectivity index (χ2v) is 5.54. The van der Waals surface area contributed by atoms with Gasteiger partial charge in [-0.15, -0.1) is 0 Å². The van der Waals surface area contributed by atoms with Gasteiger partial charge in [0.05, 0.1) is 18.7 Å². The van der Waals surface area contributed by atoms with Crippen LogP contribution in [0, 0.1) is 0 Å². The molecule has 0 fully saturated rings. The lowest BCUT2D eigenvalue weighted by Crippen LogP contribution is -2.45. The Hall–Kier alpha value is -2.40. The summed E-state index contributed by atoms with van der Waals surface area (Å²) in [4.78, 5) is 12.2. The summed E-state index contributed by atoms with van der Waals surface area (Å²) < 4.78 is 4.94. The van der Waals surface area contributed by atoms with Crippen molar-refractivity contribution in [2.75, 3.05) is 7.11 Å². The van der Waals surface area contributed by atoms with Crippen molar-refractivity contribution in [3.63, 3.8) is 0 Å². The van der Waals surface area contributed by atoms with Gasteiger partial charge in [-0.25, -0.2) is 4.79 Å². The molecule has 1 aliphatic heterocycles. The number of rotatable bonds is 2. The van der Waals surface area contributed by atoms with E-state index < -0.39 is 0 Å². The molecule has 0 radical (unpaired) electrons. The standard InChI is InChI=1S/C17H16N2O2S/c1-10-14(16(20)21-2)15(19-17(22)18-10)13-9-5-7-11-6-3-4-8-12(11)13/h3-9,15H,1-2H3,(H2,18,19,22)/t15-/m0/s1. The molecule has 0 spiro atoms. The number of allylic oxidation sites excluding steroid dienone is 1. The fourth-order valence-electron chi connectivity index (χ4n) is 2.81. The van der Waals surface area contributed by atoms with Gasteiger partial charge in [-0.3, -0.25) is 0 Å². The molecule has 0 unspecified atom stereocenters. The number of hydrogen-bond donors (Lipinski definition) is 2. The average molecular weight is 312 g/mol. The van der Waals surface area contributed by atoms with Crippen molar-refractivity contribution < 1.29 is 9.53 Å². The van der Waals surface area contributed by atoms with Crippen molar-refractivity contribution in [2.45, 2.75) is 13.0 Å². The average Bonchev–Trinajstić information content (AvgIpc) is 2.53. The number of thiocarbonyl (C=S) groups is 1. The molecule has 0 bridgehead atoms. The molecule has 1 heterocycles. The second kappa shape index (κ2) is 5.77. The molecule has 4 nitrogen and oxygen atoms in total. The number of nitrogens with one attached hydrogen (secondary N) is 2. The Morgan fingerprint density at radius 1 is 1.18 bits per heavy atom. The maximum atomic E-state index is 12.2. The lowest BCUT2D eigenvalue weighted by molar-refractivity contribution is -0.136.